The molecule has 10 nitrogen and oxygen atoms in total. The van der Waals surface area contributed by atoms with Crippen LogP contribution in [0.25, 0.3) is 11.1 Å². The molecule has 4 atom stereocenters. The molecule has 0 N–H and O–H groups in total. The van der Waals surface area contributed by atoms with Crippen LogP contribution in [-0.2, 0) is 20.2 Å². The van der Waals surface area contributed by atoms with E-state index >= 15 is 0 Å². The lowest BCUT2D eigenvalue weighted by atomic mass is 9.87. The second-order valence-electron chi connectivity index (χ2n) is 35.2. The summed E-state index contributed by atoms with van der Waals surface area (Å²) in [5.41, 5.74) is 16.0. The summed E-state index contributed by atoms with van der Waals surface area (Å²) in [7, 11) is -9.46. The van der Waals surface area contributed by atoms with Crippen molar-refractivity contribution in [2.24, 2.45) is 23.7 Å². The van der Waals surface area contributed by atoms with E-state index in [1.165, 1.54) is 314 Å². The molecule has 4 aromatic rings. The van der Waals surface area contributed by atoms with E-state index in [1.807, 2.05) is 18.2 Å². The number of aryl methyl sites for hydroxylation is 2. The fourth-order valence-electron chi connectivity index (χ4n) is 17.9. The maximum absolute atomic E-state index is 12.9. The van der Waals surface area contributed by atoms with Crippen molar-refractivity contribution < 1.29 is 35.1 Å². The number of benzene rings is 4. The SMILES string of the molecule is CCCCC(CC)CN(CC(CC)CCCC)c1ccc(C(=C2C=CC(=[N+](CC(CC)CCCC)CC(CC)CCCC)C(C)=C2)c2ccccc2S(=O)(=O)[O-])cc1C.CCCCCCCCN(CCCCCCCC)c1ccc(C(=C2C=CC(=[N+](CCCCCCCC)CCCCCCCC)C(C)=C2)c2ccccc2S(=O)(=O)[O-])cc1C. The molecule has 660 valence electrons. The Kier molecular flexibility index (Phi) is 50.6. The molecule has 0 heterocycles. The summed E-state index contributed by atoms with van der Waals surface area (Å²) in [4.78, 5) is 4.91. The molecule has 0 saturated carbocycles. The van der Waals surface area contributed by atoms with Crippen LogP contribution in [0.2, 0.25) is 0 Å². The van der Waals surface area contributed by atoms with Gasteiger partial charge in [0.15, 0.2) is 0 Å². The highest BCUT2D eigenvalue weighted by atomic mass is 32.2. The summed E-state index contributed by atoms with van der Waals surface area (Å²) in [5, 5.41) is 0. The van der Waals surface area contributed by atoms with Crippen LogP contribution >= 0.6 is 0 Å². The van der Waals surface area contributed by atoms with E-state index < -0.39 is 20.2 Å². The van der Waals surface area contributed by atoms with Crippen LogP contribution in [0.15, 0.2) is 153 Å². The van der Waals surface area contributed by atoms with E-state index in [-0.39, 0.29) is 9.79 Å². The normalized spacial score (nSPS) is 15.0. The number of hydrogen-bond donors (Lipinski definition) is 0. The maximum Gasteiger partial charge on any atom is 0.202 e. The molecule has 4 aromatic carbocycles. The zero-order chi connectivity index (χ0) is 86.1. The summed E-state index contributed by atoms with van der Waals surface area (Å²) in [5.74, 6) is 2.53. The van der Waals surface area contributed by atoms with Crippen LogP contribution in [0.5, 0.6) is 0 Å². The van der Waals surface area contributed by atoms with Crippen molar-refractivity contribution in [2.75, 3.05) is 62.2 Å². The Labute approximate surface area is 724 Å². The average molecular weight is 1660 g/mol. The van der Waals surface area contributed by atoms with Gasteiger partial charge in [-0.05, 0) is 209 Å². The van der Waals surface area contributed by atoms with Crippen molar-refractivity contribution in [1.29, 1.82) is 0 Å². The minimum absolute atomic E-state index is 0.168. The summed E-state index contributed by atoms with van der Waals surface area (Å²) in [6, 6.07) is 26.9. The third-order valence-electron chi connectivity index (χ3n) is 25.4. The highest BCUT2D eigenvalue weighted by molar-refractivity contribution is 7.86. The lowest BCUT2D eigenvalue weighted by Gasteiger charge is -2.34. The van der Waals surface area contributed by atoms with E-state index in [4.69, 9.17) is 0 Å². The van der Waals surface area contributed by atoms with Gasteiger partial charge in [-0.3, -0.25) is 0 Å². The Morgan fingerprint density at radius 3 is 0.992 bits per heavy atom. The molecule has 2 aliphatic rings. The topological polar surface area (TPSA) is 127 Å². The molecule has 6 rings (SSSR count). The average Bonchev–Trinajstić information content (AvgIpc) is 0.772. The minimum atomic E-state index is -4.74. The quantitative estimate of drug-likeness (QED) is 0.0243. The van der Waals surface area contributed by atoms with Gasteiger partial charge < -0.3 is 18.9 Å². The molecule has 118 heavy (non-hydrogen) atoms. The van der Waals surface area contributed by atoms with E-state index in [0.29, 0.717) is 34.8 Å². The fourth-order valence-corrected chi connectivity index (χ4v) is 19.3. The molecular weight excluding hydrogens is 1490 g/mol. The molecule has 4 unspecified atom stereocenters. The molecule has 12 heteroatoms. The van der Waals surface area contributed by atoms with Gasteiger partial charge in [-0.25, -0.2) is 26.0 Å². The number of rotatable bonds is 60. The van der Waals surface area contributed by atoms with Crippen molar-refractivity contribution in [3.63, 3.8) is 0 Å². The molecule has 0 fully saturated rings. The Balaban J connectivity index is 0.000000420. The Morgan fingerprint density at radius 2 is 0.661 bits per heavy atom. The van der Waals surface area contributed by atoms with Gasteiger partial charge in [-0.2, -0.15) is 0 Å². The van der Waals surface area contributed by atoms with Crippen molar-refractivity contribution >= 4 is 54.2 Å². The van der Waals surface area contributed by atoms with Gasteiger partial charge in [0, 0.05) is 96.7 Å². The van der Waals surface area contributed by atoms with Crippen LogP contribution in [0, 0.1) is 37.5 Å². The molecule has 0 spiro atoms. The largest absolute Gasteiger partial charge is 0.744 e. The second-order valence-corrected chi connectivity index (χ2v) is 37.9. The Hall–Kier alpha value is -5.92. The molecule has 0 saturated heterocycles. The lowest BCUT2D eigenvalue weighted by molar-refractivity contribution is -0.541. The fraction of sp³-hybridized carbons (Fsp3) is 0.642. The zero-order valence-corrected chi connectivity index (χ0v) is 79.5. The second kappa shape index (κ2) is 58.2. The van der Waals surface area contributed by atoms with Crippen molar-refractivity contribution in [1.82, 2.24) is 0 Å². The minimum Gasteiger partial charge on any atom is -0.744 e. The summed E-state index contributed by atoms with van der Waals surface area (Å²) >= 11 is 0. The first kappa shape index (κ1) is 103. The number of nitrogens with zero attached hydrogens (tertiary/aromatic N) is 4. The first-order valence-electron chi connectivity index (χ1n) is 48.3. The van der Waals surface area contributed by atoms with Gasteiger partial charge in [0.2, 0.25) is 11.4 Å². The molecule has 0 amide bonds. The van der Waals surface area contributed by atoms with Gasteiger partial charge in [-0.15, -0.1) is 0 Å². The van der Waals surface area contributed by atoms with Gasteiger partial charge in [-0.1, -0.05) is 311 Å². The lowest BCUT2D eigenvalue weighted by Crippen LogP contribution is -2.34. The maximum atomic E-state index is 12.9. The van der Waals surface area contributed by atoms with Crippen LogP contribution in [0.3, 0.4) is 0 Å². The van der Waals surface area contributed by atoms with Crippen molar-refractivity contribution in [3.05, 3.63) is 177 Å². The van der Waals surface area contributed by atoms with Gasteiger partial charge >= 0.3 is 0 Å². The Morgan fingerprint density at radius 1 is 0.347 bits per heavy atom. The zero-order valence-electron chi connectivity index (χ0n) is 77.9. The van der Waals surface area contributed by atoms with Crippen molar-refractivity contribution in [3.8, 4) is 0 Å². The monoisotopic (exact) mass is 1660 g/mol. The van der Waals surface area contributed by atoms with Gasteiger partial charge in [0.1, 0.15) is 46.4 Å². The molecule has 2 aliphatic carbocycles. The van der Waals surface area contributed by atoms with Gasteiger partial charge in [0.25, 0.3) is 0 Å². The van der Waals surface area contributed by atoms with Crippen LogP contribution in [0.4, 0.5) is 11.4 Å². The highest BCUT2D eigenvalue weighted by Gasteiger charge is 2.29. The summed E-state index contributed by atoms with van der Waals surface area (Å²) < 4.78 is 82.3. The molecule has 0 radical (unpaired) electrons. The predicted octanol–water partition coefficient (Wildman–Crippen LogP) is 29.3. The molecule has 0 bridgehead atoms. The molecular formula is C106H168N4O6S2. The van der Waals surface area contributed by atoms with E-state index in [2.05, 4.69) is 203 Å². The number of hydrogen-bond acceptors (Lipinski definition) is 8. The number of allylic oxidation sites excluding steroid dienone is 10. The van der Waals surface area contributed by atoms with Crippen molar-refractivity contribution in [2.45, 2.75) is 377 Å². The highest BCUT2D eigenvalue weighted by Crippen LogP contribution is 2.40. The standard InChI is InChI=1S/2C53H84N2O3S/c1-11-19-25-43(15-5)37-54(38-44(16-6)26-20-12-2)50-33-31-47(35-41(50)9)53(49-29-23-24-30-52(49)59(56,57)58)48-32-34-51(42(10)36-48)55(39-45(17-7)27-21-13-3)40-46(18-8)28-22-14-4;1-7-11-15-19-23-29-39-54(40-30-24-20-16-12-8-2)50-37-35-47(43-45(50)5)53(49-33-27-28-34-52(49)59(56,57)58)48-36-38-51(46(6)44-48)55(41-31-25-21-17-13-9-3)42-32-26-22-18-14-10-4/h23-24,29-36,43-46H,11-22,25-28,37-40H2,1-10H3;27-28,33-38,43-44H,7-26,29-32,39-42H2,1-6H3. The van der Waals surface area contributed by atoms with Crippen LogP contribution in [0.1, 0.15) is 387 Å². The third-order valence-corrected chi connectivity index (χ3v) is 27.2. The summed E-state index contributed by atoms with van der Waals surface area (Å²) in [6.07, 6.45) is 63.4. The predicted molar refractivity (Wildman–Crippen MR) is 510 cm³/mol. The molecule has 0 aromatic heterocycles. The smallest absolute Gasteiger partial charge is 0.202 e. The van der Waals surface area contributed by atoms with Crippen LogP contribution in [-0.4, -0.2) is 98.9 Å². The number of unbranched alkanes of at least 4 members (excludes halogenated alkanes) is 24. The van der Waals surface area contributed by atoms with E-state index in [9.17, 15) is 25.9 Å². The first-order valence-corrected chi connectivity index (χ1v) is 51.1. The third kappa shape index (κ3) is 35.5. The van der Waals surface area contributed by atoms with Crippen LogP contribution < -0.4 is 9.80 Å². The Bertz CT molecular complexity index is 3980. The van der Waals surface area contributed by atoms with Gasteiger partial charge in [0.05, 0.1) is 9.79 Å². The summed E-state index contributed by atoms with van der Waals surface area (Å²) in [6.45, 7) is 44.7. The van der Waals surface area contributed by atoms with E-state index in [1.54, 1.807) is 18.2 Å². The first-order chi connectivity index (χ1) is 57.0. The van der Waals surface area contributed by atoms with E-state index in [0.717, 1.165) is 85.8 Å². The number of anilines is 2. The molecule has 0 aliphatic heterocycles.